The number of benzene rings is 2. The maximum absolute atomic E-state index is 9.17. The van der Waals surface area contributed by atoms with Crippen LogP contribution in [0.3, 0.4) is 0 Å². The number of aryl methyl sites for hydroxylation is 1. The second kappa shape index (κ2) is 7.49. The van der Waals surface area contributed by atoms with E-state index in [1.807, 2.05) is 55.5 Å². The summed E-state index contributed by atoms with van der Waals surface area (Å²) in [6.45, 7) is 1.94. The Morgan fingerprint density at radius 1 is 1.00 bits per heavy atom. The fraction of sp³-hybridized carbons (Fsp3) is 0.105. The second-order valence-electron chi connectivity index (χ2n) is 4.94. The number of methoxy groups -OCH3 is 1. The summed E-state index contributed by atoms with van der Waals surface area (Å²) in [5.74, 6) is 0.516. The molecule has 2 rings (SSSR count). The van der Waals surface area contributed by atoms with Crippen molar-refractivity contribution in [2.45, 2.75) is 6.92 Å². The number of hydrogen-bond acceptors (Lipinski definition) is 5. The van der Waals surface area contributed by atoms with Crippen molar-refractivity contribution in [3.63, 3.8) is 0 Å². The highest BCUT2D eigenvalue weighted by atomic mass is 16.5. The summed E-state index contributed by atoms with van der Waals surface area (Å²) in [7, 11) is 1.52. The van der Waals surface area contributed by atoms with Crippen LogP contribution < -0.4 is 10.1 Å². The highest BCUT2D eigenvalue weighted by Crippen LogP contribution is 2.34. The van der Waals surface area contributed by atoms with E-state index in [-0.39, 0.29) is 11.3 Å². The molecule has 0 aliphatic rings. The van der Waals surface area contributed by atoms with Crippen LogP contribution >= 0.6 is 0 Å². The van der Waals surface area contributed by atoms with E-state index >= 15 is 0 Å². The van der Waals surface area contributed by atoms with Gasteiger partial charge in [0, 0.05) is 0 Å². The molecule has 0 saturated carbocycles. The van der Waals surface area contributed by atoms with Crippen LogP contribution in [0.2, 0.25) is 0 Å². The van der Waals surface area contributed by atoms with Crippen LogP contribution in [0.15, 0.2) is 53.7 Å². The van der Waals surface area contributed by atoms with Gasteiger partial charge in [0.1, 0.15) is 29.7 Å². The van der Waals surface area contributed by atoms with Crippen molar-refractivity contribution in [1.29, 1.82) is 15.8 Å². The van der Waals surface area contributed by atoms with E-state index in [2.05, 4.69) is 5.32 Å². The molecule has 2 aromatic carbocycles. The summed E-state index contributed by atoms with van der Waals surface area (Å²) in [4.78, 5) is 0. The lowest BCUT2D eigenvalue weighted by molar-refractivity contribution is 0.417. The molecule has 5 heteroatoms. The van der Waals surface area contributed by atoms with E-state index in [1.54, 1.807) is 12.1 Å². The zero-order chi connectivity index (χ0) is 17.5. The zero-order valence-electron chi connectivity index (χ0n) is 13.3. The van der Waals surface area contributed by atoms with Gasteiger partial charge in [0.2, 0.25) is 0 Å². The van der Waals surface area contributed by atoms with Gasteiger partial charge in [0.05, 0.1) is 12.8 Å². The number of hydrogen-bond donors (Lipinski definition) is 1. The van der Waals surface area contributed by atoms with Crippen LogP contribution in [0.5, 0.6) is 5.75 Å². The Morgan fingerprint density at radius 3 is 2.21 bits per heavy atom. The molecule has 0 aromatic heterocycles. The number of nitrogens with zero attached hydrogens (tertiary/aromatic N) is 3. The molecule has 0 spiro atoms. The first-order chi connectivity index (χ1) is 11.6. The molecule has 116 valence electrons. The van der Waals surface area contributed by atoms with Crippen molar-refractivity contribution < 1.29 is 4.74 Å². The Hall–Kier alpha value is -3.75. The number of nitrogens with one attached hydrogen (secondary N) is 1. The molecule has 2 aromatic rings. The first kappa shape index (κ1) is 16.6. The molecule has 0 bridgehead atoms. The van der Waals surface area contributed by atoms with Crippen molar-refractivity contribution in [1.82, 2.24) is 0 Å². The summed E-state index contributed by atoms with van der Waals surface area (Å²) in [5, 5.41) is 29.8. The minimum Gasteiger partial charge on any atom is -0.495 e. The molecule has 0 aliphatic heterocycles. The summed E-state index contributed by atoms with van der Waals surface area (Å²) in [6, 6.07) is 18.8. The molecule has 24 heavy (non-hydrogen) atoms. The van der Waals surface area contributed by atoms with Crippen LogP contribution in [-0.4, -0.2) is 7.11 Å². The topological polar surface area (TPSA) is 92.6 Å². The smallest absolute Gasteiger partial charge is 0.163 e. The average Bonchev–Trinajstić information content (AvgIpc) is 2.62. The highest BCUT2D eigenvalue weighted by molar-refractivity contribution is 5.76. The van der Waals surface area contributed by atoms with Crippen LogP contribution in [0, 0.1) is 40.9 Å². The van der Waals surface area contributed by atoms with Gasteiger partial charge in [-0.2, -0.15) is 15.8 Å². The van der Waals surface area contributed by atoms with Gasteiger partial charge in [-0.1, -0.05) is 30.3 Å². The zero-order valence-corrected chi connectivity index (χ0v) is 13.3. The lowest BCUT2D eigenvalue weighted by atomic mass is 9.99. The number of nitriles is 3. The maximum atomic E-state index is 9.17. The van der Waals surface area contributed by atoms with Gasteiger partial charge in [0.25, 0.3) is 0 Å². The molecule has 0 radical (unpaired) electrons. The van der Waals surface area contributed by atoms with Crippen molar-refractivity contribution in [2.24, 2.45) is 0 Å². The Balaban J connectivity index is 2.53. The number of allylic oxidation sites excluding steroid dienone is 2. The van der Waals surface area contributed by atoms with E-state index in [4.69, 9.17) is 15.3 Å². The van der Waals surface area contributed by atoms with Gasteiger partial charge in [-0.3, -0.25) is 0 Å². The fourth-order valence-corrected chi connectivity index (χ4v) is 2.30. The Labute approximate surface area is 140 Å². The Morgan fingerprint density at radius 2 is 1.67 bits per heavy atom. The van der Waals surface area contributed by atoms with E-state index in [9.17, 15) is 5.26 Å². The lowest BCUT2D eigenvalue weighted by Crippen LogP contribution is -2.03. The third-order valence-electron chi connectivity index (χ3n) is 3.48. The highest BCUT2D eigenvalue weighted by Gasteiger charge is 2.13. The van der Waals surface area contributed by atoms with Gasteiger partial charge in [-0.25, -0.2) is 0 Å². The molecule has 5 nitrogen and oxygen atoms in total. The molecule has 0 heterocycles. The monoisotopic (exact) mass is 314 g/mol. The van der Waals surface area contributed by atoms with Crippen LogP contribution in [0.4, 0.5) is 5.69 Å². The van der Waals surface area contributed by atoms with E-state index in [0.29, 0.717) is 11.4 Å². The first-order valence-corrected chi connectivity index (χ1v) is 7.10. The van der Waals surface area contributed by atoms with Crippen LogP contribution in [0.1, 0.15) is 5.56 Å². The van der Waals surface area contributed by atoms with Crippen LogP contribution in [0.25, 0.3) is 11.1 Å². The van der Waals surface area contributed by atoms with E-state index in [1.165, 1.54) is 7.11 Å². The molecule has 0 aliphatic carbocycles. The van der Waals surface area contributed by atoms with E-state index in [0.717, 1.165) is 16.7 Å². The summed E-state index contributed by atoms with van der Waals surface area (Å²) in [5.41, 5.74) is 3.16. The fourth-order valence-electron chi connectivity index (χ4n) is 2.30. The largest absolute Gasteiger partial charge is 0.495 e. The van der Waals surface area contributed by atoms with Gasteiger partial charge in [-0.15, -0.1) is 0 Å². The minimum atomic E-state index is -0.274. The van der Waals surface area contributed by atoms with Gasteiger partial charge < -0.3 is 10.1 Å². The van der Waals surface area contributed by atoms with Crippen molar-refractivity contribution in [2.75, 3.05) is 12.4 Å². The third kappa shape index (κ3) is 3.35. The predicted molar refractivity (Wildman–Crippen MR) is 90.7 cm³/mol. The standard InChI is InChI=1S/C19H14N4O/c1-13-8-17(23-18(12-22)15(10-20)11-21)19(24-2)9-16(13)14-6-4-3-5-7-14/h3-9,23H,1-2H3. The quantitative estimate of drug-likeness (QED) is 0.864. The van der Waals surface area contributed by atoms with Gasteiger partial charge >= 0.3 is 0 Å². The minimum absolute atomic E-state index is 0.106. The number of rotatable bonds is 4. The third-order valence-corrected chi connectivity index (χ3v) is 3.48. The lowest BCUT2D eigenvalue weighted by Gasteiger charge is -2.15. The first-order valence-electron chi connectivity index (χ1n) is 7.10. The summed E-state index contributed by atoms with van der Waals surface area (Å²) in [6.07, 6.45) is 0. The van der Waals surface area contributed by atoms with Gasteiger partial charge in [-0.05, 0) is 35.7 Å². The molecule has 0 unspecified atom stereocenters. The average molecular weight is 314 g/mol. The maximum Gasteiger partial charge on any atom is 0.163 e. The molecule has 0 saturated heterocycles. The van der Waals surface area contributed by atoms with Crippen molar-refractivity contribution in [3.8, 4) is 35.1 Å². The Bertz CT molecular complexity index is 893. The van der Waals surface area contributed by atoms with Crippen molar-refractivity contribution in [3.05, 3.63) is 59.3 Å². The Kier molecular flexibility index (Phi) is 5.19. The van der Waals surface area contributed by atoms with E-state index < -0.39 is 0 Å². The predicted octanol–water partition coefficient (Wildman–Crippen LogP) is 3.91. The van der Waals surface area contributed by atoms with Gasteiger partial charge in [0.15, 0.2) is 5.57 Å². The van der Waals surface area contributed by atoms with Crippen molar-refractivity contribution >= 4 is 5.69 Å². The number of ether oxygens (including phenoxy) is 1. The summed E-state index contributed by atoms with van der Waals surface area (Å²) >= 11 is 0. The number of anilines is 1. The molecule has 0 amide bonds. The van der Waals surface area contributed by atoms with Crippen LogP contribution in [-0.2, 0) is 0 Å². The molecular formula is C19H14N4O. The molecular weight excluding hydrogens is 300 g/mol. The molecule has 0 atom stereocenters. The molecule has 0 fully saturated rings. The normalized spacial score (nSPS) is 9.12. The summed E-state index contributed by atoms with van der Waals surface area (Å²) < 4.78 is 5.39. The molecule has 1 N–H and O–H groups in total. The second-order valence-corrected chi connectivity index (χ2v) is 4.94. The SMILES string of the molecule is COc1cc(-c2ccccc2)c(C)cc1NC(C#N)=C(C#N)C#N.